The summed E-state index contributed by atoms with van der Waals surface area (Å²) in [6.07, 6.45) is 4.32. The molecule has 0 N–H and O–H groups in total. The van der Waals surface area contributed by atoms with Gasteiger partial charge in [0.05, 0.1) is 0 Å². The third-order valence-electron chi connectivity index (χ3n) is 2.98. The van der Waals surface area contributed by atoms with Crippen LogP contribution in [0.25, 0.3) is 0 Å². The van der Waals surface area contributed by atoms with Crippen LogP contribution in [0, 0.1) is 0 Å². The maximum absolute atomic E-state index is 12.6. The average molecular weight is 286 g/mol. The summed E-state index contributed by atoms with van der Waals surface area (Å²) < 4.78 is 5.98. The summed E-state index contributed by atoms with van der Waals surface area (Å²) in [6, 6.07) is 0. The summed E-state index contributed by atoms with van der Waals surface area (Å²) >= 11 is 0. The molecule has 0 fully saturated rings. The van der Waals surface area contributed by atoms with Crippen molar-refractivity contribution in [3.05, 3.63) is 11.1 Å². The molecule has 0 saturated heterocycles. The molecular formula is C14H29O2Si2. The number of carbonyl (C=O) groups excluding carboxylic acids is 1. The van der Waals surface area contributed by atoms with Gasteiger partial charge in [0, 0.05) is 0 Å². The van der Waals surface area contributed by atoms with E-state index < -0.39 is 17.4 Å². The van der Waals surface area contributed by atoms with E-state index >= 15 is 0 Å². The van der Waals surface area contributed by atoms with Gasteiger partial charge in [-0.05, 0) is 51.5 Å². The molecule has 18 heavy (non-hydrogen) atoms. The van der Waals surface area contributed by atoms with Crippen LogP contribution in [0.4, 0.5) is 0 Å². The van der Waals surface area contributed by atoms with Crippen molar-refractivity contribution in [1.82, 2.24) is 0 Å². The summed E-state index contributed by atoms with van der Waals surface area (Å²) in [5.41, 5.74) is 2.33. The molecule has 0 saturated carbocycles. The van der Waals surface area contributed by atoms with Gasteiger partial charge in [-0.2, -0.15) is 0 Å². The standard InChI is InChI=1S/C14H29O2Si2/c1-8-10-13(11-9-2)12(3)14(15)18(6,7)16-17(4)5/h8-11H2,1-7H3. The highest BCUT2D eigenvalue weighted by Gasteiger charge is 2.34. The lowest BCUT2D eigenvalue weighted by atomic mass is 10.0. The Hall–Kier alpha value is -0.196. The number of allylic oxidation sites excluding steroid dienone is 2. The van der Waals surface area contributed by atoms with Crippen LogP contribution in [-0.2, 0) is 8.91 Å². The van der Waals surface area contributed by atoms with E-state index in [1.54, 1.807) is 0 Å². The van der Waals surface area contributed by atoms with Gasteiger partial charge in [-0.1, -0.05) is 32.3 Å². The fraction of sp³-hybridized carbons (Fsp3) is 0.786. The average Bonchev–Trinajstić information content (AvgIpc) is 2.25. The smallest absolute Gasteiger partial charge is 0.253 e. The zero-order valence-corrected chi connectivity index (χ0v) is 15.1. The number of hydrogen-bond donors (Lipinski definition) is 0. The van der Waals surface area contributed by atoms with Crippen molar-refractivity contribution in [3.8, 4) is 0 Å². The Bertz CT molecular complexity index is 299. The molecule has 0 bridgehead atoms. The van der Waals surface area contributed by atoms with E-state index in [0.717, 1.165) is 31.3 Å². The summed E-state index contributed by atoms with van der Waals surface area (Å²) in [5.74, 6) is 0. The first-order valence-corrected chi connectivity index (χ1v) is 12.3. The molecule has 1 radical (unpaired) electrons. The number of rotatable bonds is 8. The maximum Gasteiger partial charge on any atom is 0.253 e. The molecule has 0 unspecified atom stereocenters. The Labute approximate surface area is 116 Å². The van der Waals surface area contributed by atoms with Gasteiger partial charge in [-0.3, -0.25) is 4.79 Å². The van der Waals surface area contributed by atoms with Gasteiger partial charge in [0.15, 0.2) is 14.4 Å². The molecule has 0 aromatic heterocycles. The minimum Gasteiger partial charge on any atom is -0.450 e. The van der Waals surface area contributed by atoms with E-state index in [9.17, 15) is 4.79 Å². The van der Waals surface area contributed by atoms with Crippen LogP contribution in [0.1, 0.15) is 46.5 Å². The first-order valence-electron chi connectivity index (χ1n) is 6.98. The Kier molecular flexibility index (Phi) is 7.98. The predicted octanol–water partition coefficient (Wildman–Crippen LogP) is 4.48. The third-order valence-corrected chi connectivity index (χ3v) is 8.12. The van der Waals surface area contributed by atoms with Gasteiger partial charge in [0.2, 0.25) is 0 Å². The summed E-state index contributed by atoms with van der Waals surface area (Å²) in [5, 5.41) is 0.297. The van der Waals surface area contributed by atoms with Gasteiger partial charge < -0.3 is 4.12 Å². The van der Waals surface area contributed by atoms with Crippen LogP contribution in [-0.4, -0.2) is 22.8 Å². The van der Waals surface area contributed by atoms with E-state index in [2.05, 4.69) is 26.9 Å². The van der Waals surface area contributed by atoms with Gasteiger partial charge in [0.1, 0.15) is 0 Å². The summed E-state index contributed by atoms with van der Waals surface area (Å²) in [6.45, 7) is 14.6. The minimum atomic E-state index is -2.21. The molecule has 0 amide bonds. The number of hydrogen-bond acceptors (Lipinski definition) is 2. The molecule has 0 aliphatic heterocycles. The summed E-state index contributed by atoms with van der Waals surface area (Å²) in [7, 11) is -3.01. The zero-order chi connectivity index (χ0) is 14.3. The van der Waals surface area contributed by atoms with E-state index in [1.165, 1.54) is 5.57 Å². The highest BCUT2D eigenvalue weighted by Crippen LogP contribution is 2.22. The van der Waals surface area contributed by atoms with Crippen LogP contribution in [0.2, 0.25) is 26.2 Å². The molecular weight excluding hydrogens is 256 g/mol. The second kappa shape index (κ2) is 8.07. The molecule has 0 aliphatic carbocycles. The molecule has 0 aromatic rings. The molecule has 0 aromatic carbocycles. The quantitative estimate of drug-likeness (QED) is 0.485. The highest BCUT2D eigenvalue weighted by molar-refractivity contribution is 7.04. The monoisotopic (exact) mass is 285 g/mol. The second-order valence-electron chi connectivity index (χ2n) is 5.58. The van der Waals surface area contributed by atoms with Gasteiger partial charge in [-0.25, -0.2) is 0 Å². The van der Waals surface area contributed by atoms with Crippen molar-refractivity contribution in [2.75, 3.05) is 0 Å². The van der Waals surface area contributed by atoms with Crippen LogP contribution in [0.5, 0.6) is 0 Å². The van der Waals surface area contributed by atoms with Crippen molar-refractivity contribution >= 4 is 22.8 Å². The molecule has 2 nitrogen and oxygen atoms in total. The fourth-order valence-electron chi connectivity index (χ4n) is 2.27. The molecule has 0 atom stereocenters. The van der Waals surface area contributed by atoms with E-state index in [-0.39, 0.29) is 0 Å². The van der Waals surface area contributed by atoms with Gasteiger partial charge >= 0.3 is 0 Å². The first-order chi connectivity index (χ1) is 8.26. The third kappa shape index (κ3) is 5.63. The molecule has 105 valence electrons. The lowest BCUT2D eigenvalue weighted by Crippen LogP contribution is -2.45. The van der Waals surface area contributed by atoms with Crippen LogP contribution in [0.15, 0.2) is 11.1 Å². The van der Waals surface area contributed by atoms with Crippen molar-refractivity contribution < 1.29 is 8.91 Å². The summed E-state index contributed by atoms with van der Waals surface area (Å²) in [4.78, 5) is 12.6. The molecule has 0 spiro atoms. The molecule has 0 aliphatic rings. The lowest BCUT2D eigenvalue weighted by molar-refractivity contribution is -0.110. The topological polar surface area (TPSA) is 26.3 Å². The van der Waals surface area contributed by atoms with Gasteiger partial charge in [0.25, 0.3) is 8.32 Å². The van der Waals surface area contributed by atoms with E-state index in [0.29, 0.717) is 5.41 Å². The van der Waals surface area contributed by atoms with Crippen LogP contribution in [0.3, 0.4) is 0 Å². The largest absolute Gasteiger partial charge is 0.450 e. The number of carbonyl (C=O) groups is 1. The Morgan fingerprint density at radius 3 is 1.89 bits per heavy atom. The van der Waals surface area contributed by atoms with E-state index in [1.807, 2.05) is 20.0 Å². The van der Waals surface area contributed by atoms with Crippen LogP contribution < -0.4 is 0 Å². The SMILES string of the molecule is CCCC(CCC)=C(C)C(=O)[Si](C)(C)O[Si](C)C. The van der Waals surface area contributed by atoms with Crippen molar-refractivity contribution in [1.29, 1.82) is 0 Å². The Morgan fingerprint density at radius 2 is 1.56 bits per heavy atom. The Morgan fingerprint density at radius 1 is 1.11 bits per heavy atom. The molecule has 4 heteroatoms. The highest BCUT2D eigenvalue weighted by atomic mass is 28.4. The maximum atomic E-state index is 12.6. The van der Waals surface area contributed by atoms with Crippen molar-refractivity contribution in [2.45, 2.75) is 72.6 Å². The molecule has 0 heterocycles. The zero-order valence-electron chi connectivity index (χ0n) is 13.1. The first kappa shape index (κ1) is 17.8. The Balaban J connectivity index is 5.07. The lowest BCUT2D eigenvalue weighted by Gasteiger charge is -2.25. The van der Waals surface area contributed by atoms with Crippen molar-refractivity contribution in [2.24, 2.45) is 0 Å². The fourth-order valence-corrected chi connectivity index (χ4v) is 7.81. The van der Waals surface area contributed by atoms with E-state index in [4.69, 9.17) is 4.12 Å². The predicted molar refractivity (Wildman–Crippen MR) is 83.6 cm³/mol. The molecule has 0 rings (SSSR count). The van der Waals surface area contributed by atoms with Crippen LogP contribution >= 0.6 is 0 Å². The second-order valence-corrected chi connectivity index (χ2v) is 11.7. The normalized spacial score (nSPS) is 11.8. The van der Waals surface area contributed by atoms with Crippen molar-refractivity contribution in [3.63, 3.8) is 0 Å². The minimum absolute atomic E-state index is 0.297. The van der Waals surface area contributed by atoms with Gasteiger partial charge in [-0.15, -0.1) is 0 Å².